The van der Waals surface area contributed by atoms with Crippen molar-refractivity contribution in [3.05, 3.63) is 41.3 Å². The molecule has 1 aromatic rings. The Hall–Kier alpha value is -1.13. The maximum absolute atomic E-state index is 12.9. The Kier molecular flexibility index (Phi) is 3.26. The molecule has 0 aromatic heterocycles. The van der Waals surface area contributed by atoms with Crippen molar-refractivity contribution >= 4 is 0 Å². The second kappa shape index (κ2) is 4.03. The zero-order valence-electron chi connectivity index (χ0n) is 8.70. The zero-order chi connectivity index (χ0) is 12.6. The lowest BCUT2D eigenvalue weighted by Gasteiger charge is -2.20. The van der Waals surface area contributed by atoms with E-state index in [0.29, 0.717) is 5.56 Å². The maximum atomic E-state index is 12.9. The summed E-state index contributed by atoms with van der Waals surface area (Å²) in [6, 6.07) is 4.11. The molecule has 5 heteroatoms. The van der Waals surface area contributed by atoms with Crippen LogP contribution in [0.25, 0.3) is 0 Å². The summed E-state index contributed by atoms with van der Waals surface area (Å²) in [6.45, 7) is 3.49. The van der Waals surface area contributed by atoms with Crippen LogP contribution in [0.15, 0.2) is 24.3 Å². The van der Waals surface area contributed by atoms with Crippen molar-refractivity contribution in [1.29, 1.82) is 0 Å². The molecular formula is C11H10F5. The lowest BCUT2D eigenvalue weighted by Crippen LogP contribution is -2.33. The first-order chi connectivity index (χ1) is 7.16. The molecule has 0 heterocycles. The summed E-state index contributed by atoms with van der Waals surface area (Å²) in [5, 5.41) is 0. The molecule has 1 rings (SSSR count). The van der Waals surface area contributed by atoms with E-state index in [9.17, 15) is 22.0 Å². The standard InChI is InChI=1S/C11H10F5/c1-7(2)8-3-5-9(6-4-8)10(12,13)11(14,15)16/h3-6H,1-2H3. The molecular weight excluding hydrogens is 227 g/mol. The fourth-order valence-electron chi connectivity index (χ4n) is 1.18. The van der Waals surface area contributed by atoms with Crippen LogP contribution in [-0.4, -0.2) is 6.18 Å². The van der Waals surface area contributed by atoms with Gasteiger partial charge in [-0.1, -0.05) is 38.1 Å². The molecule has 0 aliphatic rings. The Morgan fingerprint density at radius 3 is 1.62 bits per heavy atom. The van der Waals surface area contributed by atoms with E-state index < -0.39 is 17.7 Å². The van der Waals surface area contributed by atoms with Crippen LogP contribution >= 0.6 is 0 Å². The fraction of sp³-hybridized carbons (Fsp3) is 0.364. The summed E-state index contributed by atoms with van der Waals surface area (Å²) >= 11 is 0. The molecule has 0 amide bonds. The monoisotopic (exact) mass is 237 g/mol. The molecule has 0 aliphatic heterocycles. The molecule has 0 fully saturated rings. The van der Waals surface area contributed by atoms with E-state index in [1.54, 1.807) is 13.8 Å². The highest BCUT2D eigenvalue weighted by molar-refractivity contribution is 5.33. The van der Waals surface area contributed by atoms with Gasteiger partial charge in [0.05, 0.1) is 0 Å². The fourth-order valence-corrected chi connectivity index (χ4v) is 1.18. The molecule has 0 aliphatic carbocycles. The molecule has 0 unspecified atom stereocenters. The third-order valence-corrected chi connectivity index (χ3v) is 2.18. The van der Waals surface area contributed by atoms with Gasteiger partial charge in [-0.05, 0) is 11.5 Å². The summed E-state index contributed by atoms with van der Waals surface area (Å²) in [7, 11) is 0. The van der Waals surface area contributed by atoms with Crippen molar-refractivity contribution in [1.82, 2.24) is 0 Å². The van der Waals surface area contributed by atoms with Gasteiger partial charge in [-0.15, -0.1) is 0 Å². The van der Waals surface area contributed by atoms with Crippen molar-refractivity contribution < 1.29 is 22.0 Å². The summed E-state index contributed by atoms with van der Waals surface area (Å²) in [6.07, 6.45) is -5.56. The van der Waals surface area contributed by atoms with Gasteiger partial charge in [-0.2, -0.15) is 22.0 Å². The third-order valence-electron chi connectivity index (χ3n) is 2.18. The van der Waals surface area contributed by atoms with Gasteiger partial charge >= 0.3 is 12.1 Å². The number of benzene rings is 1. The number of rotatable bonds is 2. The summed E-state index contributed by atoms with van der Waals surface area (Å²) in [5.74, 6) is -3.95. The van der Waals surface area contributed by atoms with Gasteiger partial charge in [0.15, 0.2) is 0 Å². The van der Waals surface area contributed by atoms with Crippen LogP contribution in [0.4, 0.5) is 22.0 Å². The highest BCUT2D eigenvalue weighted by atomic mass is 19.4. The first-order valence-electron chi connectivity index (χ1n) is 4.52. The minimum atomic E-state index is -5.56. The van der Waals surface area contributed by atoms with Gasteiger partial charge in [0.1, 0.15) is 0 Å². The van der Waals surface area contributed by atoms with E-state index in [0.717, 1.165) is 18.1 Å². The Morgan fingerprint density at radius 1 is 0.875 bits per heavy atom. The average Bonchev–Trinajstić information content (AvgIpc) is 2.16. The van der Waals surface area contributed by atoms with Crippen LogP contribution in [0.3, 0.4) is 0 Å². The molecule has 0 saturated heterocycles. The molecule has 16 heavy (non-hydrogen) atoms. The van der Waals surface area contributed by atoms with E-state index in [2.05, 4.69) is 0 Å². The van der Waals surface area contributed by atoms with Gasteiger partial charge in [0, 0.05) is 5.56 Å². The minimum Gasteiger partial charge on any atom is -0.191 e. The molecule has 89 valence electrons. The Labute approximate surface area is 90.1 Å². The Balaban J connectivity index is 3.07. The molecule has 0 spiro atoms. The summed E-state index contributed by atoms with van der Waals surface area (Å²) in [5.41, 5.74) is -0.397. The van der Waals surface area contributed by atoms with E-state index in [1.165, 1.54) is 12.1 Å². The molecule has 0 saturated carbocycles. The predicted molar refractivity (Wildman–Crippen MR) is 50.1 cm³/mol. The van der Waals surface area contributed by atoms with Gasteiger partial charge in [0.2, 0.25) is 0 Å². The predicted octanol–water partition coefficient (Wildman–Crippen LogP) is 4.30. The van der Waals surface area contributed by atoms with Crippen LogP contribution in [0.1, 0.15) is 25.0 Å². The van der Waals surface area contributed by atoms with Crippen LogP contribution in [-0.2, 0) is 5.92 Å². The lowest BCUT2D eigenvalue weighted by molar-refractivity contribution is -0.289. The largest absolute Gasteiger partial charge is 0.458 e. The highest BCUT2D eigenvalue weighted by Gasteiger charge is 2.58. The van der Waals surface area contributed by atoms with Crippen molar-refractivity contribution in [2.75, 3.05) is 0 Å². The van der Waals surface area contributed by atoms with Crippen molar-refractivity contribution in [3.63, 3.8) is 0 Å². The molecule has 0 nitrogen and oxygen atoms in total. The highest BCUT2D eigenvalue weighted by Crippen LogP contribution is 2.43. The van der Waals surface area contributed by atoms with E-state index in [1.807, 2.05) is 0 Å². The van der Waals surface area contributed by atoms with Crippen LogP contribution in [0, 0.1) is 5.92 Å². The quantitative estimate of drug-likeness (QED) is 0.672. The van der Waals surface area contributed by atoms with E-state index in [4.69, 9.17) is 0 Å². The molecule has 1 radical (unpaired) electrons. The summed E-state index contributed by atoms with van der Waals surface area (Å²) in [4.78, 5) is 0. The van der Waals surface area contributed by atoms with Crippen LogP contribution in [0.5, 0.6) is 0 Å². The zero-order valence-corrected chi connectivity index (χ0v) is 8.70. The van der Waals surface area contributed by atoms with E-state index in [-0.39, 0.29) is 0 Å². The van der Waals surface area contributed by atoms with Gasteiger partial charge < -0.3 is 0 Å². The second-order valence-corrected chi connectivity index (χ2v) is 3.65. The SMILES string of the molecule is C[C](C)c1ccc(C(F)(F)C(F)(F)F)cc1. The lowest BCUT2D eigenvalue weighted by atomic mass is 9.99. The second-order valence-electron chi connectivity index (χ2n) is 3.65. The number of alkyl halides is 5. The molecule has 1 aromatic carbocycles. The first-order valence-corrected chi connectivity index (χ1v) is 4.52. The normalized spacial score (nSPS) is 13.2. The maximum Gasteiger partial charge on any atom is 0.458 e. The number of halogens is 5. The third kappa shape index (κ3) is 2.33. The minimum absolute atomic E-state index is 0.640. The molecule has 0 atom stereocenters. The Morgan fingerprint density at radius 2 is 1.31 bits per heavy atom. The van der Waals surface area contributed by atoms with Crippen molar-refractivity contribution in [2.45, 2.75) is 25.9 Å². The van der Waals surface area contributed by atoms with Crippen LogP contribution in [0.2, 0.25) is 0 Å². The number of hydrogen-bond acceptors (Lipinski definition) is 0. The van der Waals surface area contributed by atoms with Crippen molar-refractivity contribution in [2.24, 2.45) is 0 Å². The molecule has 0 bridgehead atoms. The summed E-state index contributed by atoms with van der Waals surface area (Å²) < 4.78 is 61.8. The van der Waals surface area contributed by atoms with Gasteiger partial charge in [-0.3, -0.25) is 0 Å². The molecule has 0 N–H and O–H groups in total. The first kappa shape index (κ1) is 12.9. The number of hydrogen-bond donors (Lipinski definition) is 0. The average molecular weight is 237 g/mol. The van der Waals surface area contributed by atoms with Crippen LogP contribution < -0.4 is 0 Å². The van der Waals surface area contributed by atoms with Gasteiger partial charge in [0.25, 0.3) is 0 Å². The smallest absolute Gasteiger partial charge is 0.191 e. The van der Waals surface area contributed by atoms with E-state index >= 15 is 0 Å². The van der Waals surface area contributed by atoms with Crippen molar-refractivity contribution in [3.8, 4) is 0 Å². The Bertz CT molecular complexity index is 348. The topological polar surface area (TPSA) is 0 Å². The van der Waals surface area contributed by atoms with Gasteiger partial charge in [-0.25, -0.2) is 0 Å².